The first kappa shape index (κ1) is 30.4. The predicted octanol–water partition coefficient (Wildman–Crippen LogP) is 9.63. The summed E-state index contributed by atoms with van der Waals surface area (Å²) in [6, 6.07) is 26.2. The highest BCUT2D eigenvalue weighted by atomic mass is 19.1. The lowest BCUT2D eigenvalue weighted by Crippen LogP contribution is -1.98. The summed E-state index contributed by atoms with van der Waals surface area (Å²) in [6.07, 6.45) is 13.9. The number of hydrogen-bond acceptors (Lipinski definition) is 3. The number of nitrogens with zero attached hydrogens (tertiary/aromatic N) is 1. The molecule has 0 aliphatic rings. The third kappa shape index (κ3) is 12.2. The van der Waals surface area contributed by atoms with Crippen molar-refractivity contribution in [1.82, 2.24) is 0 Å². The second-order valence-electron chi connectivity index (χ2n) is 10.1. The Kier molecular flexibility index (Phi) is 13.3. The molecule has 0 amide bonds. The van der Waals surface area contributed by atoms with Crippen LogP contribution in [0.5, 0.6) is 11.5 Å². The minimum absolute atomic E-state index is 0.326. The van der Waals surface area contributed by atoms with E-state index in [2.05, 4.69) is 43.5 Å². The van der Waals surface area contributed by atoms with Crippen molar-refractivity contribution in [2.45, 2.75) is 64.4 Å². The summed E-state index contributed by atoms with van der Waals surface area (Å²) in [5, 5.41) is 8.89. The number of allylic oxidation sites excluding steroid dienone is 2. The molecule has 0 spiro atoms. The van der Waals surface area contributed by atoms with Crippen LogP contribution in [0.3, 0.4) is 0 Å². The lowest BCUT2D eigenvalue weighted by molar-refractivity contribution is 0.306. The average Bonchev–Trinajstić information content (AvgIpc) is 2.98. The zero-order valence-electron chi connectivity index (χ0n) is 23.4. The molecule has 0 aliphatic heterocycles. The van der Waals surface area contributed by atoms with Crippen molar-refractivity contribution in [3.8, 4) is 17.6 Å². The Hall–Kier alpha value is -4.10. The molecule has 0 unspecified atom stereocenters. The minimum atomic E-state index is -0.492. The van der Waals surface area contributed by atoms with E-state index in [0.29, 0.717) is 24.4 Å². The summed E-state index contributed by atoms with van der Waals surface area (Å²) in [7, 11) is 0. The van der Waals surface area contributed by atoms with Gasteiger partial charge in [0.05, 0.1) is 11.6 Å². The Morgan fingerprint density at radius 2 is 1.12 bits per heavy atom. The monoisotopic (exact) mass is 537 g/mol. The van der Waals surface area contributed by atoms with Gasteiger partial charge in [-0.25, -0.2) is 4.39 Å². The van der Waals surface area contributed by atoms with Gasteiger partial charge in [-0.05, 0) is 90.4 Å². The van der Waals surface area contributed by atoms with Crippen molar-refractivity contribution in [1.29, 1.82) is 5.26 Å². The number of nitriles is 1. The molecule has 0 bridgehead atoms. The van der Waals surface area contributed by atoms with E-state index in [1.807, 2.05) is 48.5 Å². The van der Waals surface area contributed by atoms with Crippen LogP contribution in [0.15, 0.2) is 110 Å². The summed E-state index contributed by atoms with van der Waals surface area (Å²) in [6.45, 7) is 7.86. The summed E-state index contributed by atoms with van der Waals surface area (Å²) in [5.41, 5.74) is 5.09. The van der Waals surface area contributed by atoms with Gasteiger partial charge in [-0.3, -0.25) is 0 Å². The van der Waals surface area contributed by atoms with Crippen LogP contribution in [0.2, 0.25) is 0 Å². The van der Waals surface area contributed by atoms with Gasteiger partial charge in [0.1, 0.15) is 30.5 Å². The summed E-state index contributed by atoms with van der Waals surface area (Å²) >= 11 is 0. The molecular weight excluding hydrogens is 497 g/mol. The fraction of sp³-hybridized carbons (Fsp3) is 0.306. The molecule has 0 atom stereocenters. The zero-order chi connectivity index (χ0) is 28.4. The van der Waals surface area contributed by atoms with E-state index in [1.54, 1.807) is 6.08 Å². The zero-order valence-corrected chi connectivity index (χ0v) is 23.4. The van der Waals surface area contributed by atoms with Gasteiger partial charge in [-0.15, -0.1) is 0 Å². The van der Waals surface area contributed by atoms with Crippen molar-refractivity contribution in [2.75, 3.05) is 6.61 Å². The molecule has 40 heavy (non-hydrogen) atoms. The molecule has 3 nitrogen and oxygen atoms in total. The first-order valence-corrected chi connectivity index (χ1v) is 14.1. The number of unbranched alkanes of at least 4 members (excludes halogenated alkanes) is 6. The standard InChI is InChI=1S/C36H40FNO2/c1-29(12-13-30(2)37)27-39-35-22-18-31(19-23-35)10-8-6-4-3-5-7-9-11-32-20-24-36(25-21-32)40-28-34-16-14-33(26-38)15-17-34/h12-25H,1-11,27-28H2. The van der Waals surface area contributed by atoms with Gasteiger partial charge in [0.25, 0.3) is 0 Å². The number of rotatable bonds is 18. The molecule has 0 radical (unpaired) electrons. The number of aryl methyl sites for hydroxylation is 2. The maximum absolute atomic E-state index is 12.7. The second-order valence-corrected chi connectivity index (χ2v) is 10.1. The Labute approximate surface area is 239 Å². The van der Waals surface area contributed by atoms with Crippen LogP contribution in [-0.4, -0.2) is 6.61 Å². The molecule has 3 rings (SSSR count). The Morgan fingerprint density at radius 3 is 1.62 bits per heavy atom. The van der Waals surface area contributed by atoms with Crippen molar-refractivity contribution >= 4 is 0 Å². The van der Waals surface area contributed by atoms with Crippen molar-refractivity contribution in [3.63, 3.8) is 0 Å². The van der Waals surface area contributed by atoms with Gasteiger partial charge in [-0.1, -0.05) is 87.7 Å². The third-order valence-corrected chi connectivity index (χ3v) is 6.69. The molecule has 0 fully saturated rings. The van der Waals surface area contributed by atoms with Crippen molar-refractivity contribution in [2.24, 2.45) is 0 Å². The average molecular weight is 538 g/mol. The normalized spacial score (nSPS) is 10.8. The molecule has 0 heterocycles. The fourth-order valence-electron chi connectivity index (χ4n) is 4.32. The molecule has 3 aromatic rings. The second kappa shape index (κ2) is 17.5. The number of hydrogen-bond donors (Lipinski definition) is 0. The summed E-state index contributed by atoms with van der Waals surface area (Å²) < 4.78 is 24.2. The van der Waals surface area contributed by atoms with E-state index in [0.717, 1.165) is 29.9 Å². The van der Waals surface area contributed by atoms with Crippen LogP contribution >= 0.6 is 0 Å². The van der Waals surface area contributed by atoms with E-state index in [1.165, 1.54) is 62.1 Å². The van der Waals surface area contributed by atoms with Crippen LogP contribution in [0.4, 0.5) is 4.39 Å². The topological polar surface area (TPSA) is 42.2 Å². The third-order valence-electron chi connectivity index (χ3n) is 6.69. The smallest absolute Gasteiger partial charge is 0.119 e. The molecule has 0 aliphatic carbocycles. The van der Waals surface area contributed by atoms with E-state index < -0.39 is 5.83 Å². The number of ether oxygens (including phenoxy) is 2. The molecule has 0 N–H and O–H groups in total. The van der Waals surface area contributed by atoms with Crippen LogP contribution < -0.4 is 9.47 Å². The first-order valence-electron chi connectivity index (χ1n) is 14.1. The van der Waals surface area contributed by atoms with Gasteiger partial charge >= 0.3 is 0 Å². The Morgan fingerprint density at radius 1 is 0.650 bits per heavy atom. The van der Waals surface area contributed by atoms with E-state index in [4.69, 9.17) is 14.7 Å². The number of benzene rings is 3. The maximum atomic E-state index is 12.7. The minimum Gasteiger partial charge on any atom is -0.489 e. The lowest BCUT2D eigenvalue weighted by Gasteiger charge is -2.08. The van der Waals surface area contributed by atoms with Crippen LogP contribution in [0, 0.1) is 11.3 Å². The first-order chi connectivity index (χ1) is 19.5. The predicted molar refractivity (Wildman–Crippen MR) is 162 cm³/mol. The molecule has 0 saturated carbocycles. The molecule has 208 valence electrons. The largest absolute Gasteiger partial charge is 0.489 e. The van der Waals surface area contributed by atoms with Crippen LogP contribution in [-0.2, 0) is 19.4 Å². The molecule has 0 saturated heterocycles. The van der Waals surface area contributed by atoms with Gasteiger partial charge in [0.2, 0.25) is 0 Å². The lowest BCUT2D eigenvalue weighted by atomic mass is 10.0. The molecule has 0 aromatic heterocycles. The van der Waals surface area contributed by atoms with Crippen LogP contribution in [0.1, 0.15) is 67.2 Å². The van der Waals surface area contributed by atoms with Crippen LogP contribution in [0.25, 0.3) is 0 Å². The molecular formula is C36H40FNO2. The van der Waals surface area contributed by atoms with Gasteiger partial charge in [0, 0.05) is 0 Å². The Bertz CT molecular complexity index is 1250. The van der Waals surface area contributed by atoms with E-state index in [-0.39, 0.29) is 0 Å². The molecule has 3 aromatic carbocycles. The van der Waals surface area contributed by atoms with E-state index >= 15 is 0 Å². The SMILES string of the molecule is C=C(F)C=CC(=C)COc1ccc(CCCCCCCCCc2ccc(OCc3ccc(C#N)cc3)cc2)cc1. The maximum Gasteiger partial charge on any atom is 0.119 e. The van der Waals surface area contributed by atoms with Gasteiger partial charge in [0.15, 0.2) is 0 Å². The fourth-order valence-corrected chi connectivity index (χ4v) is 4.32. The number of halogens is 1. The highest BCUT2D eigenvalue weighted by Crippen LogP contribution is 2.18. The molecule has 4 heteroatoms. The van der Waals surface area contributed by atoms with Crippen molar-refractivity contribution in [3.05, 3.63) is 132 Å². The summed E-state index contributed by atoms with van der Waals surface area (Å²) in [5.74, 6) is 1.17. The van der Waals surface area contributed by atoms with E-state index in [9.17, 15) is 4.39 Å². The van der Waals surface area contributed by atoms with Crippen molar-refractivity contribution < 1.29 is 13.9 Å². The van der Waals surface area contributed by atoms with Gasteiger partial charge in [-0.2, -0.15) is 5.26 Å². The highest BCUT2D eigenvalue weighted by molar-refractivity contribution is 5.32. The Balaban J connectivity index is 1.19. The van der Waals surface area contributed by atoms with Gasteiger partial charge < -0.3 is 9.47 Å². The summed E-state index contributed by atoms with van der Waals surface area (Å²) in [4.78, 5) is 0. The highest BCUT2D eigenvalue weighted by Gasteiger charge is 2.01. The quantitative estimate of drug-likeness (QED) is 0.120.